The maximum atomic E-state index is 2.89. The van der Waals surface area contributed by atoms with Crippen LogP contribution in [0.4, 0.5) is 0 Å². The average molecular weight is 743 g/mol. The van der Waals surface area contributed by atoms with E-state index >= 15 is 0 Å². The summed E-state index contributed by atoms with van der Waals surface area (Å²) in [6.45, 7) is 14.7. The molecule has 2 nitrogen and oxygen atoms in total. The van der Waals surface area contributed by atoms with Gasteiger partial charge in [0.05, 0.1) is 0 Å². The number of benzene rings is 4. The van der Waals surface area contributed by atoms with Crippen LogP contribution in [0.15, 0.2) is 121 Å². The van der Waals surface area contributed by atoms with E-state index in [-0.39, 0.29) is 42.8 Å². The van der Waals surface area contributed by atoms with Gasteiger partial charge in [0.25, 0.3) is 0 Å². The highest BCUT2D eigenvalue weighted by Crippen LogP contribution is 2.47. The fourth-order valence-electron chi connectivity index (χ4n) is 6.65. The van der Waals surface area contributed by atoms with E-state index in [1.54, 1.807) is 21.2 Å². The molecule has 0 spiro atoms. The molecule has 5 rings (SSSR count). The Morgan fingerprint density at radius 1 is 0.340 bits per heavy atom. The monoisotopic (exact) mass is 742 g/mol. The normalized spacial score (nSPS) is 23.5. The fourth-order valence-corrected chi connectivity index (χ4v) is 17.8. The lowest BCUT2D eigenvalue weighted by Gasteiger charge is -2.41. The van der Waals surface area contributed by atoms with E-state index in [9.17, 15) is 0 Å². The van der Waals surface area contributed by atoms with Crippen LogP contribution in [0, 0.1) is 0 Å². The summed E-state index contributed by atoms with van der Waals surface area (Å²) < 4.78 is 0. The maximum Gasteiger partial charge on any atom is 0.0233 e. The van der Waals surface area contributed by atoms with E-state index in [1.807, 2.05) is 0 Å². The smallest absolute Gasteiger partial charge is 0.0233 e. The number of rotatable bonds is 4. The zero-order chi connectivity index (χ0) is 35.4. The molecule has 1 saturated heterocycles. The van der Waals surface area contributed by atoms with Crippen LogP contribution in [-0.4, -0.2) is 70.7 Å². The highest BCUT2D eigenvalue weighted by Gasteiger charge is 2.30. The third kappa shape index (κ3) is 12.3. The SMILES string of the molecule is CC(C)(C)N1C[P@](c2ccccc2)CCCC[P@](c2ccccc2)CN(C(C)(C)C)C[P@@](c2ccccc2)CCCC[P@@](c2ccccc2)C1. The van der Waals surface area contributed by atoms with Gasteiger partial charge in [-0.3, -0.25) is 9.80 Å². The molecule has 1 aliphatic heterocycles. The minimum absolute atomic E-state index is 0.130. The second-order valence-electron chi connectivity index (χ2n) is 15.8. The largest absolute Gasteiger partial charge is 0.290 e. The molecule has 6 heteroatoms. The van der Waals surface area contributed by atoms with E-state index in [0.717, 1.165) is 0 Å². The molecule has 268 valence electrons. The van der Waals surface area contributed by atoms with Crippen LogP contribution >= 0.6 is 31.7 Å². The third-order valence-electron chi connectivity index (χ3n) is 9.96. The van der Waals surface area contributed by atoms with E-state index in [0.29, 0.717) is 0 Å². The van der Waals surface area contributed by atoms with E-state index in [4.69, 9.17) is 0 Å². The molecule has 1 aliphatic rings. The summed E-state index contributed by atoms with van der Waals surface area (Å²) in [4.78, 5) is 5.78. The highest BCUT2D eigenvalue weighted by molar-refractivity contribution is 7.67. The molecule has 0 aromatic heterocycles. The first-order chi connectivity index (χ1) is 24.1. The summed E-state index contributed by atoms with van der Waals surface area (Å²) in [6.07, 6.45) is 15.3. The molecular formula is C44H62N2P4. The van der Waals surface area contributed by atoms with Crippen molar-refractivity contribution in [2.24, 2.45) is 0 Å². The van der Waals surface area contributed by atoms with Crippen molar-refractivity contribution in [1.82, 2.24) is 9.80 Å². The molecule has 1 fully saturated rings. The minimum atomic E-state index is -0.280. The summed E-state index contributed by atoms with van der Waals surface area (Å²) in [5, 5.41) is 6.31. The van der Waals surface area contributed by atoms with Crippen molar-refractivity contribution in [3.63, 3.8) is 0 Å². The molecule has 0 aliphatic carbocycles. The standard InChI is InChI=1S/C44H62N2P4/c1-43(2,3)45-35-47(39-23-11-7-12-24-39)31-19-21-33-49(41-27-15-9-16-28-41)37-46(44(4,5)6)38-50(42-29-17-10-18-30-42)34-22-20-32-48(36-45)40-25-13-8-14-26-40/h7-18,23-30H,19-22,31-38H2,1-6H3/t47-,48-,49+,50+. The first kappa shape index (κ1) is 39.7. The van der Waals surface area contributed by atoms with Gasteiger partial charge in [-0.2, -0.15) is 0 Å². The van der Waals surface area contributed by atoms with Gasteiger partial charge in [-0.1, -0.05) is 153 Å². The van der Waals surface area contributed by atoms with E-state index in [2.05, 4.69) is 173 Å². The molecule has 0 saturated carbocycles. The molecular weight excluding hydrogens is 680 g/mol. The Kier molecular flexibility index (Phi) is 15.5. The first-order valence-corrected chi connectivity index (χ1v) is 25.6. The number of hydrogen-bond acceptors (Lipinski definition) is 2. The zero-order valence-electron chi connectivity index (χ0n) is 31.7. The van der Waals surface area contributed by atoms with Gasteiger partial charge in [0, 0.05) is 36.2 Å². The van der Waals surface area contributed by atoms with E-state index < -0.39 is 0 Å². The Bertz CT molecular complexity index is 1290. The highest BCUT2D eigenvalue weighted by atomic mass is 31.1. The van der Waals surface area contributed by atoms with Gasteiger partial charge >= 0.3 is 0 Å². The van der Waals surface area contributed by atoms with Crippen molar-refractivity contribution in [1.29, 1.82) is 0 Å². The van der Waals surface area contributed by atoms with Crippen molar-refractivity contribution < 1.29 is 0 Å². The average Bonchev–Trinajstić information content (AvgIpc) is 3.11. The molecule has 4 atom stereocenters. The third-order valence-corrected chi connectivity index (χ3v) is 20.2. The Morgan fingerprint density at radius 3 is 0.720 bits per heavy atom. The molecule has 0 radical (unpaired) electrons. The van der Waals surface area contributed by atoms with Crippen molar-refractivity contribution in [3.05, 3.63) is 121 Å². The fraction of sp³-hybridized carbons (Fsp3) is 0.455. The van der Waals surface area contributed by atoms with E-state index in [1.165, 1.54) is 75.5 Å². The van der Waals surface area contributed by atoms with Crippen molar-refractivity contribution in [2.45, 2.75) is 78.3 Å². The summed E-state index contributed by atoms with van der Waals surface area (Å²) >= 11 is 0. The summed E-state index contributed by atoms with van der Waals surface area (Å²) in [7, 11) is -1.12. The van der Waals surface area contributed by atoms with Gasteiger partial charge in [-0.25, -0.2) is 0 Å². The first-order valence-electron chi connectivity index (χ1n) is 18.8. The van der Waals surface area contributed by atoms with Crippen LogP contribution in [0.25, 0.3) is 0 Å². The van der Waals surface area contributed by atoms with Crippen LogP contribution in [0.3, 0.4) is 0 Å². The number of nitrogens with zero attached hydrogens (tertiary/aromatic N) is 2. The molecule has 4 aromatic rings. The van der Waals surface area contributed by atoms with Crippen LogP contribution < -0.4 is 21.2 Å². The quantitative estimate of drug-likeness (QED) is 0.192. The van der Waals surface area contributed by atoms with Gasteiger partial charge in [-0.15, -0.1) is 0 Å². The van der Waals surface area contributed by atoms with Crippen molar-refractivity contribution in [2.75, 3.05) is 49.8 Å². The second-order valence-corrected chi connectivity index (χ2v) is 25.1. The molecule has 0 unspecified atom stereocenters. The second kappa shape index (κ2) is 19.6. The zero-order valence-corrected chi connectivity index (χ0v) is 35.3. The Labute approximate surface area is 310 Å². The van der Waals surface area contributed by atoms with Gasteiger partial charge in [0.2, 0.25) is 0 Å². The van der Waals surface area contributed by atoms with Gasteiger partial charge in [0.15, 0.2) is 0 Å². The summed E-state index contributed by atoms with van der Waals surface area (Å²) in [5.41, 5.74) is 0.260. The van der Waals surface area contributed by atoms with Gasteiger partial charge in [0.1, 0.15) is 0 Å². The Hall–Kier alpha value is -1.48. The maximum absolute atomic E-state index is 2.89. The molecule has 50 heavy (non-hydrogen) atoms. The van der Waals surface area contributed by atoms with Crippen LogP contribution in [0.2, 0.25) is 0 Å². The predicted octanol–water partition coefficient (Wildman–Crippen LogP) is 10.8. The van der Waals surface area contributed by atoms with Crippen LogP contribution in [0.5, 0.6) is 0 Å². The van der Waals surface area contributed by atoms with Crippen molar-refractivity contribution >= 4 is 52.9 Å². The molecule has 0 bridgehead atoms. The molecule has 0 N–H and O–H groups in total. The molecule has 0 amide bonds. The number of hydrogen-bond donors (Lipinski definition) is 0. The predicted molar refractivity (Wildman–Crippen MR) is 233 cm³/mol. The molecule has 1 heterocycles. The van der Waals surface area contributed by atoms with Gasteiger partial charge in [-0.05, 0) is 113 Å². The lowest BCUT2D eigenvalue weighted by molar-refractivity contribution is 0.195. The van der Waals surface area contributed by atoms with Crippen molar-refractivity contribution in [3.8, 4) is 0 Å². The summed E-state index contributed by atoms with van der Waals surface area (Å²) in [6, 6.07) is 46.2. The topological polar surface area (TPSA) is 6.48 Å². The Balaban J connectivity index is 1.48. The molecule has 4 aromatic carbocycles. The van der Waals surface area contributed by atoms with Gasteiger partial charge < -0.3 is 0 Å². The lowest BCUT2D eigenvalue weighted by atomic mass is 10.1. The lowest BCUT2D eigenvalue weighted by Crippen LogP contribution is -2.43. The van der Waals surface area contributed by atoms with Crippen LogP contribution in [-0.2, 0) is 0 Å². The Morgan fingerprint density at radius 2 is 0.540 bits per heavy atom. The van der Waals surface area contributed by atoms with Crippen LogP contribution in [0.1, 0.15) is 67.2 Å². The summed E-state index contributed by atoms with van der Waals surface area (Å²) in [5.74, 6) is 0. The minimum Gasteiger partial charge on any atom is -0.290 e.